The summed E-state index contributed by atoms with van der Waals surface area (Å²) in [4.78, 5) is 13.3. The zero-order chi connectivity index (χ0) is 14.4. The minimum absolute atomic E-state index is 0.0220. The number of amides is 1. The molecule has 0 saturated carbocycles. The molecule has 0 aliphatic rings. The van der Waals surface area contributed by atoms with Gasteiger partial charge in [-0.25, -0.2) is 0 Å². The van der Waals surface area contributed by atoms with Crippen molar-refractivity contribution in [1.82, 2.24) is 4.90 Å². The van der Waals surface area contributed by atoms with Crippen LogP contribution in [0.5, 0.6) is 5.75 Å². The van der Waals surface area contributed by atoms with Crippen LogP contribution < -0.4 is 4.74 Å². The fourth-order valence-electron chi connectivity index (χ4n) is 1.82. The highest BCUT2D eigenvalue weighted by atomic mass is 16.5. The molecule has 19 heavy (non-hydrogen) atoms. The smallest absolute Gasteiger partial charge is 0.225 e. The minimum Gasteiger partial charge on any atom is -0.493 e. The van der Waals surface area contributed by atoms with Crippen molar-refractivity contribution < 1.29 is 14.6 Å². The van der Waals surface area contributed by atoms with Gasteiger partial charge in [-0.3, -0.25) is 4.79 Å². The Morgan fingerprint density at radius 2 is 2.11 bits per heavy atom. The van der Waals surface area contributed by atoms with Crippen molar-refractivity contribution in [2.24, 2.45) is 0 Å². The predicted octanol–water partition coefficient (Wildman–Crippen LogP) is 1.91. The third kappa shape index (κ3) is 4.91. The van der Waals surface area contributed by atoms with Crippen LogP contribution in [0.4, 0.5) is 0 Å². The Balaban J connectivity index is 2.42. The molecule has 0 bridgehead atoms. The maximum Gasteiger partial charge on any atom is 0.225 e. The Labute approximate surface area is 115 Å². The average molecular weight is 265 g/mol. The van der Waals surface area contributed by atoms with Gasteiger partial charge < -0.3 is 14.7 Å². The van der Waals surface area contributed by atoms with E-state index in [1.807, 2.05) is 32.0 Å². The lowest BCUT2D eigenvalue weighted by Crippen LogP contribution is -2.33. The first-order valence-electron chi connectivity index (χ1n) is 6.53. The maximum absolute atomic E-state index is 11.8. The Bertz CT molecular complexity index is 429. The SMILES string of the molecule is Cc1cccc(OCCC(=O)N(C)CC(C)O)c1C. The van der Waals surface area contributed by atoms with Gasteiger partial charge in [-0.1, -0.05) is 12.1 Å². The summed E-state index contributed by atoms with van der Waals surface area (Å²) in [6.45, 7) is 6.40. The summed E-state index contributed by atoms with van der Waals surface area (Å²) >= 11 is 0. The quantitative estimate of drug-likeness (QED) is 0.855. The number of aliphatic hydroxyl groups excluding tert-OH is 1. The molecule has 0 aliphatic heterocycles. The van der Waals surface area contributed by atoms with Gasteiger partial charge in [-0.15, -0.1) is 0 Å². The number of hydrogen-bond acceptors (Lipinski definition) is 3. The zero-order valence-electron chi connectivity index (χ0n) is 12.1. The Hall–Kier alpha value is -1.55. The number of rotatable bonds is 6. The molecule has 1 unspecified atom stereocenters. The zero-order valence-corrected chi connectivity index (χ0v) is 12.1. The fraction of sp³-hybridized carbons (Fsp3) is 0.533. The van der Waals surface area contributed by atoms with E-state index < -0.39 is 6.10 Å². The molecule has 106 valence electrons. The van der Waals surface area contributed by atoms with Crippen LogP contribution in [-0.4, -0.2) is 42.2 Å². The molecule has 1 aromatic carbocycles. The molecule has 0 fully saturated rings. The van der Waals surface area contributed by atoms with Crippen molar-refractivity contribution in [1.29, 1.82) is 0 Å². The number of likely N-dealkylation sites (N-methyl/N-ethyl adjacent to an activating group) is 1. The summed E-state index contributed by atoms with van der Waals surface area (Å²) in [6, 6.07) is 5.88. The van der Waals surface area contributed by atoms with Crippen LogP contribution in [0, 0.1) is 13.8 Å². The lowest BCUT2D eigenvalue weighted by atomic mass is 10.1. The number of carbonyl (C=O) groups excluding carboxylic acids is 1. The lowest BCUT2D eigenvalue weighted by molar-refractivity contribution is -0.131. The molecular formula is C15H23NO3. The predicted molar refractivity (Wildman–Crippen MR) is 75.3 cm³/mol. The van der Waals surface area contributed by atoms with E-state index in [4.69, 9.17) is 4.74 Å². The highest BCUT2D eigenvalue weighted by Crippen LogP contribution is 2.20. The summed E-state index contributed by atoms with van der Waals surface area (Å²) in [7, 11) is 1.69. The molecule has 0 aliphatic carbocycles. The average Bonchev–Trinajstić information content (AvgIpc) is 2.33. The number of ether oxygens (including phenoxy) is 1. The fourth-order valence-corrected chi connectivity index (χ4v) is 1.82. The van der Waals surface area contributed by atoms with Crippen molar-refractivity contribution in [3.8, 4) is 5.75 Å². The Morgan fingerprint density at radius 3 is 2.74 bits per heavy atom. The van der Waals surface area contributed by atoms with Gasteiger partial charge in [0, 0.05) is 13.6 Å². The number of aliphatic hydroxyl groups is 1. The van der Waals surface area contributed by atoms with Crippen molar-refractivity contribution in [2.45, 2.75) is 33.3 Å². The number of carbonyl (C=O) groups is 1. The first kappa shape index (κ1) is 15.5. The molecule has 1 N–H and O–H groups in total. The number of aryl methyl sites for hydroxylation is 1. The van der Waals surface area contributed by atoms with Crippen LogP contribution in [0.15, 0.2) is 18.2 Å². The molecule has 0 spiro atoms. The first-order chi connectivity index (χ1) is 8.91. The number of nitrogens with zero attached hydrogens (tertiary/aromatic N) is 1. The normalized spacial score (nSPS) is 12.1. The largest absolute Gasteiger partial charge is 0.493 e. The molecule has 0 saturated heterocycles. The summed E-state index contributed by atoms with van der Waals surface area (Å²) in [5.74, 6) is 0.803. The second-order valence-corrected chi connectivity index (χ2v) is 4.92. The van der Waals surface area contributed by atoms with Crippen molar-refractivity contribution in [3.63, 3.8) is 0 Å². The van der Waals surface area contributed by atoms with Gasteiger partial charge >= 0.3 is 0 Å². The molecule has 1 atom stereocenters. The van der Waals surface area contributed by atoms with Crippen LogP contribution in [0.3, 0.4) is 0 Å². The maximum atomic E-state index is 11.8. The minimum atomic E-state index is -0.506. The molecule has 1 aromatic rings. The lowest BCUT2D eigenvalue weighted by Gasteiger charge is -2.19. The van der Waals surface area contributed by atoms with Gasteiger partial charge in [0.15, 0.2) is 0 Å². The highest BCUT2D eigenvalue weighted by Gasteiger charge is 2.11. The summed E-state index contributed by atoms with van der Waals surface area (Å²) in [5, 5.41) is 9.22. The second-order valence-electron chi connectivity index (χ2n) is 4.92. The van der Waals surface area contributed by atoms with Gasteiger partial charge in [0.2, 0.25) is 5.91 Å². The topological polar surface area (TPSA) is 49.8 Å². The van der Waals surface area contributed by atoms with E-state index in [2.05, 4.69) is 0 Å². The standard InChI is InChI=1S/C15H23NO3/c1-11-6-5-7-14(13(11)3)19-9-8-15(18)16(4)10-12(2)17/h5-7,12,17H,8-10H2,1-4H3. The molecule has 0 heterocycles. The first-order valence-corrected chi connectivity index (χ1v) is 6.53. The molecule has 4 nitrogen and oxygen atoms in total. The van der Waals surface area contributed by atoms with Crippen LogP contribution in [0.2, 0.25) is 0 Å². The molecule has 1 amide bonds. The van der Waals surface area contributed by atoms with E-state index in [9.17, 15) is 9.90 Å². The van der Waals surface area contributed by atoms with Gasteiger partial charge in [-0.05, 0) is 38.0 Å². The molecular weight excluding hydrogens is 242 g/mol. The van der Waals surface area contributed by atoms with Crippen LogP contribution in [0.1, 0.15) is 24.5 Å². The monoisotopic (exact) mass is 265 g/mol. The van der Waals surface area contributed by atoms with Gasteiger partial charge in [0.05, 0.1) is 19.1 Å². The van der Waals surface area contributed by atoms with Crippen molar-refractivity contribution in [2.75, 3.05) is 20.2 Å². The number of benzene rings is 1. The summed E-state index contributed by atoms with van der Waals surface area (Å²) in [5.41, 5.74) is 2.28. The van der Waals surface area contributed by atoms with Crippen LogP contribution >= 0.6 is 0 Å². The van der Waals surface area contributed by atoms with Crippen LogP contribution in [-0.2, 0) is 4.79 Å². The third-order valence-electron chi connectivity index (χ3n) is 3.09. The van der Waals surface area contributed by atoms with E-state index in [1.54, 1.807) is 14.0 Å². The number of hydrogen-bond donors (Lipinski definition) is 1. The van der Waals surface area contributed by atoms with Crippen molar-refractivity contribution >= 4 is 5.91 Å². The summed E-state index contributed by atoms with van der Waals surface area (Å²) < 4.78 is 5.63. The molecule has 0 aromatic heterocycles. The Kier molecular flexibility index (Phi) is 5.83. The molecule has 4 heteroatoms. The van der Waals surface area contributed by atoms with Gasteiger partial charge in [-0.2, -0.15) is 0 Å². The van der Waals surface area contributed by atoms with E-state index in [-0.39, 0.29) is 5.91 Å². The van der Waals surface area contributed by atoms with E-state index in [1.165, 1.54) is 10.5 Å². The van der Waals surface area contributed by atoms with E-state index in [0.29, 0.717) is 19.6 Å². The molecule has 1 rings (SSSR count). The highest BCUT2D eigenvalue weighted by molar-refractivity contribution is 5.76. The van der Waals surface area contributed by atoms with E-state index in [0.717, 1.165) is 11.3 Å². The molecule has 0 radical (unpaired) electrons. The van der Waals surface area contributed by atoms with Crippen LogP contribution in [0.25, 0.3) is 0 Å². The van der Waals surface area contributed by atoms with Gasteiger partial charge in [0.25, 0.3) is 0 Å². The van der Waals surface area contributed by atoms with Gasteiger partial charge in [0.1, 0.15) is 5.75 Å². The summed E-state index contributed by atoms with van der Waals surface area (Å²) in [6.07, 6.45) is -0.190. The Morgan fingerprint density at radius 1 is 1.42 bits per heavy atom. The van der Waals surface area contributed by atoms with E-state index >= 15 is 0 Å². The second kappa shape index (κ2) is 7.14. The third-order valence-corrected chi connectivity index (χ3v) is 3.09. The van der Waals surface area contributed by atoms with Crippen molar-refractivity contribution in [3.05, 3.63) is 29.3 Å².